The number of aryl methyl sites for hydroxylation is 1. The summed E-state index contributed by atoms with van der Waals surface area (Å²) in [6.45, 7) is 4.26. The van der Waals surface area contributed by atoms with Crippen LogP contribution in [0.15, 0.2) is 41.4 Å². The Balaban J connectivity index is 1.54. The summed E-state index contributed by atoms with van der Waals surface area (Å²) in [6, 6.07) is 12.0. The molecule has 0 saturated carbocycles. The summed E-state index contributed by atoms with van der Waals surface area (Å²) in [5, 5.41) is 1.74. The average molecular weight is 462 g/mol. The molecule has 1 aliphatic rings. The Morgan fingerprint density at radius 2 is 2.03 bits per heavy atom. The highest BCUT2D eigenvalue weighted by Crippen LogP contribution is 2.36. The lowest BCUT2D eigenvalue weighted by Gasteiger charge is -2.26. The number of thioether (sulfide) groups is 1. The standard InChI is InChI=1S/C21H23N3O3S3/c1-3-24(16-9-10-30(26,27)13-16)19(25)12-28-20-17-11-18(15-7-5-4-6-8-15)29-21(17)23-14(2)22-20/h4-8,11,16H,3,9-10,12-13H2,1-2H3/t16-/m0/s1. The number of fused-ring (bicyclic) bond motifs is 1. The zero-order valence-electron chi connectivity index (χ0n) is 16.9. The molecule has 2 aromatic heterocycles. The van der Waals surface area contributed by atoms with E-state index >= 15 is 0 Å². The van der Waals surface area contributed by atoms with Crippen molar-refractivity contribution in [3.8, 4) is 10.4 Å². The lowest BCUT2D eigenvalue weighted by atomic mass is 10.2. The lowest BCUT2D eigenvalue weighted by Crippen LogP contribution is -2.41. The number of aromatic nitrogens is 2. The number of rotatable bonds is 6. The fourth-order valence-corrected chi connectivity index (χ4v) is 7.54. The number of carbonyl (C=O) groups is 1. The maximum absolute atomic E-state index is 12.9. The van der Waals surface area contributed by atoms with Crippen LogP contribution in [-0.4, -0.2) is 59.0 Å². The van der Waals surface area contributed by atoms with Gasteiger partial charge in [0.2, 0.25) is 5.91 Å². The first-order valence-corrected chi connectivity index (χ1v) is 13.4. The topological polar surface area (TPSA) is 80.2 Å². The molecule has 1 aliphatic heterocycles. The van der Waals surface area contributed by atoms with E-state index in [0.717, 1.165) is 25.7 Å². The molecule has 4 rings (SSSR count). The van der Waals surface area contributed by atoms with Crippen LogP contribution < -0.4 is 0 Å². The highest BCUT2D eigenvalue weighted by molar-refractivity contribution is 8.00. The molecule has 0 bridgehead atoms. The van der Waals surface area contributed by atoms with E-state index in [1.165, 1.54) is 11.8 Å². The van der Waals surface area contributed by atoms with E-state index in [1.807, 2.05) is 32.0 Å². The molecular weight excluding hydrogens is 438 g/mol. The summed E-state index contributed by atoms with van der Waals surface area (Å²) in [5.41, 5.74) is 1.13. The van der Waals surface area contributed by atoms with Crippen molar-refractivity contribution >= 4 is 49.1 Å². The molecule has 6 nitrogen and oxygen atoms in total. The second-order valence-corrected chi connectivity index (χ2v) is 11.5. The van der Waals surface area contributed by atoms with Crippen molar-refractivity contribution in [3.05, 3.63) is 42.2 Å². The van der Waals surface area contributed by atoms with Gasteiger partial charge in [0.05, 0.1) is 17.3 Å². The van der Waals surface area contributed by atoms with Crippen molar-refractivity contribution in [3.63, 3.8) is 0 Å². The van der Waals surface area contributed by atoms with Gasteiger partial charge >= 0.3 is 0 Å². The van der Waals surface area contributed by atoms with E-state index in [1.54, 1.807) is 16.2 Å². The first kappa shape index (κ1) is 21.3. The Morgan fingerprint density at radius 3 is 2.70 bits per heavy atom. The van der Waals surface area contributed by atoms with Gasteiger partial charge < -0.3 is 4.90 Å². The average Bonchev–Trinajstić information content (AvgIpc) is 3.30. The third kappa shape index (κ3) is 4.53. The zero-order chi connectivity index (χ0) is 21.3. The summed E-state index contributed by atoms with van der Waals surface area (Å²) >= 11 is 3.02. The maximum atomic E-state index is 12.9. The molecule has 1 atom stereocenters. The molecule has 1 saturated heterocycles. The van der Waals surface area contributed by atoms with E-state index in [-0.39, 0.29) is 29.2 Å². The van der Waals surface area contributed by atoms with Crippen LogP contribution in [0, 0.1) is 6.92 Å². The van der Waals surface area contributed by atoms with Gasteiger partial charge in [-0.25, -0.2) is 18.4 Å². The molecule has 1 amide bonds. The molecule has 3 aromatic rings. The van der Waals surface area contributed by atoms with Crippen molar-refractivity contribution in [1.82, 2.24) is 14.9 Å². The van der Waals surface area contributed by atoms with Gasteiger partial charge in [-0.15, -0.1) is 11.3 Å². The van der Waals surface area contributed by atoms with Gasteiger partial charge in [0.1, 0.15) is 15.7 Å². The summed E-state index contributed by atoms with van der Waals surface area (Å²) < 4.78 is 23.6. The third-order valence-electron chi connectivity index (χ3n) is 5.17. The SMILES string of the molecule is CCN(C(=O)CSc1nc(C)nc2sc(-c3ccccc3)cc12)[C@H]1CCS(=O)(=O)C1. The van der Waals surface area contributed by atoms with Gasteiger partial charge in [-0.05, 0) is 31.9 Å². The first-order chi connectivity index (χ1) is 14.4. The Morgan fingerprint density at radius 1 is 1.27 bits per heavy atom. The quantitative estimate of drug-likeness (QED) is 0.410. The summed E-state index contributed by atoms with van der Waals surface area (Å²) in [4.78, 5) is 25.7. The van der Waals surface area contributed by atoms with Gasteiger partial charge in [0, 0.05) is 22.8 Å². The molecule has 0 spiro atoms. The molecule has 0 N–H and O–H groups in total. The summed E-state index contributed by atoms with van der Waals surface area (Å²) in [7, 11) is -3.03. The van der Waals surface area contributed by atoms with E-state index in [0.29, 0.717) is 18.8 Å². The fourth-order valence-electron chi connectivity index (χ4n) is 3.72. The van der Waals surface area contributed by atoms with Gasteiger partial charge in [-0.2, -0.15) is 0 Å². The van der Waals surface area contributed by atoms with Gasteiger partial charge in [0.15, 0.2) is 9.84 Å². The third-order valence-corrected chi connectivity index (χ3v) is 8.97. The van der Waals surface area contributed by atoms with Crippen LogP contribution in [0.3, 0.4) is 0 Å². The van der Waals surface area contributed by atoms with Crippen LogP contribution in [0.5, 0.6) is 0 Å². The first-order valence-electron chi connectivity index (χ1n) is 9.82. The molecule has 158 valence electrons. The number of hydrogen-bond acceptors (Lipinski definition) is 7. The monoisotopic (exact) mass is 461 g/mol. The summed E-state index contributed by atoms with van der Waals surface area (Å²) in [5.74, 6) is 1.09. The van der Waals surface area contributed by atoms with E-state index in [4.69, 9.17) is 0 Å². The van der Waals surface area contributed by atoms with Crippen LogP contribution in [0.2, 0.25) is 0 Å². The Hall–Kier alpha value is -1.97. The number of amides is 1. The number of thiophene rings is 1. The fraction of sp³-hybridized carbons (Fsp3) is 0.381. The van der Waals surface area contributed by atoms with Crippen LogP contribution in [0.4, 0.5) is 0 Å². The number of sulfone groups is 1. The van der Waals surface area contributed by atoms with E-state index in [9.17, 15) is 13.2 Å². The Labute approximate surface area is 184 Å². The molecule has 3 heterocycles. The highest BCUT2D eigenvalue weighted by Gasteiger charge is 2.33. The van der Waals surface area contributed by atoms with Crippen LogP contribution >= 0.6 is 23.1 Å². The molecule has 0 aliphatic carbocycles. The lowest BCUT2D eigenvalue weighted by molar-refractivity contribution is -0.129. The number of hydrogen-bond donors (Lipinski definition) is 0. The van der Waals surface area contributed by atoms with Crippen molar-refractivity contribution in [1.29, 1.82) is 0 Å². The van der Waals surface area contributed by atoms with Gasteiger partial charge in [-0.3, -0.25) is 4.79 Å². The van der Waals surface area contributed by atoms with Crippen LogP contribution in [-0.2, 0) is 14.6 Å². The van der Waals surface area contributed by atoms with Crippen molar-refractivity contribution in [2.75, 3.05) is 23.8 Å². The number of benzene rings is 1. The van der Waals surface area contributed by atoms with Gasteiger partial charge in [-0.1, -0.05) is 42.1 Å². The maximum Gasteiger partial charge on any atom is 0.233 e. The molecular formula is C21H23N3O3S3. The zero-order valence-corrected chi connectivity index (χ0v) is 19.3. The Kier molecular flexibility index (Phi) is 6.13. The predicted molar refractivity (Wildman–Crippen MR) is 123 cm³/mol. The largest absolute Gasteiger partial charge is 0.338 e. The predicted octanol–water partition coefficient (Wildman–Crippen LogP) is 3.79. The van der Waals surface area contributed by atoms with Crippen LogP contribution in [0.1, 0.15) is 19.2 Å². The van der Waals surface area contributed by atoms with Crippen molar-refractivity contribution in [2.24, 2.45) is 0 Å². The molecule has 0 unspecified atom stereocenters. The minimum Gasteiger partial charge on any atom is -0.338 e. The molecule has 0 radical (unpaired) electrons. The Bertz CT molecular complexity index is 1180. The molecule has 1 fully saturated rings. The van der Waals surface area contributed by atoms with Crippen molar-refractivity contribution in [2.45, 2.75) is 31.3 Å². The highest BCUT2D eigenvalue weighted by atomic mass is 32.2. The van der Waals surface area contributed by atoms with Crippen LogP contribution in [0.25, 0.3) is 20.7 Å². The molecule has 1 aromatic carbocycles. The van der Waals surface area contributed by atoms with E-state index in [2.05, 4.69) is 28.2 Å². The molecule has 9 heteroatoms. The minimum absolute atomic E-state index is 0.0486. The number of carbonyl (C=O) groups excluding carboxylic acids is 1. The van der Waals surface area contributed by atoms with Crippen molar-refractivity contribution < 1.29 is 13.2 Å². The normalized spacial score (nSPS) is 18.0. The van der Waals surface area contributed by atoms with Gasteiger partial charge in [0.25, 0.3) is 0 Å². The van der Waals surface area contributed by atoms with E-state index < -0.39 is 9.84 Å². The number of nitrogens with zero attached hydrogens (tertiary/aromatic N) is 3. The summed E-state index contributed by atoms with van der Waals surface area (Å²) in [6.07, 6.45) is 0.522. The smallest absolute Gasteiger partial charge is 0.233 e. The minimum atomic E-state index is -3.03. The second-order valence-electron chi connectivity index (χ2n) is 7.30. The molecule has 30 heavy (non-hydrogen) atoms. The second kappa shape index (κ2) is 8.64.